The Kier molecular flexibility index (Phi) is 7.49. The summed E-state index contributed by atoms with van der Waals surface area (Å²) < 4.78 is 10.2. The number of nitro groups is 1. The van der Waals surface area contributed by atoms with Crippen molar-refractivity contribution < 1.29 is 24.0 Å². The average molecular weight is 402 g/mol. The SMILES string of the molecule is COCCNc1ccc([N+](=O)[O-])cc1C(=O)Nc1cc(NC(C)=O)ccc1OC. The number of nitrogens with zero attached hydrogens (tertiary/aromatic N) is 1. The Morgan fingerprint density at radius 2 is 1.83 bits per heavy atom. The highest BCUT2D eigenvalue weighted by molar-refractivity contribution is 6.09. The number of ether oxygens (including phenoxy) is 2. The van der Waals surface area contributed by atoms with Crippen molar-refractivity contribution >= 4 is 34.6 Å². The molecule has 0 fully saturated rings. The van der Waals surface area contributed by atoms with Gasteiger partial charge in [0.25, 0.3) is 11.6 Å². The number of amides is 2. The highest BCUT2D eigenvalue weighted by Gasteiger charge is 2.18. The molecule has 0 saturated carbocycles. The maximum Gasteiger partial charge on any atom is 0.270 e. The van der Waals surface area contributed by atoms with Gasteiger partial charge in [0.1, 0.15) is 5.75 Å². The van der Waals surface area contributed by atoms with Crippen LogP contribution in [0, 0.1) is 10.1 Å². The van der Waals surface area contributed by atoms with Crippen molar-refractivity contribution in [1.82, 2.24) is 0 Å². The van der Waals surface area contributed by atoms with Gasteiger partial charge >= 0.3 is 0 Å². The summed E-state index contributed by atoms with van der Waals surface area (Å²) in [5.74, 6) is -0.477. The molecular formula is C19H22N4O6. The molecule has 154 valence electrons. The summed E-state index contributed by atoms with van der Waals surface area (Å²) in [6, 6.07) is 8.72. The molecule has 2 aromatic carbocycles. The lowest BCUT2D eigenvalue weighted by atomic mass is 10.1. The highest BCUT2D eigenvalue weighted by atomic mass is 16.6. The lowest BCUT2D eigenvalue weighted by molar-refractivity contribution is -0.384. The molecule has 0 bridgehead atoms. The van der Waals surface area contributed by atoms with Crippen LogP contribution in [0.5, 0.6) is 5.75 Å². The Morgan fingerprint density at radius 1 is 1.07 bits per heavy atom. The third-order valence-electron chi connectivity index (χ3n) is 3.85. The number of hydrogen-bond donors (Lipinski definition) is 3. The van der Waals surface area contributed by atoms with Gasteiger partial charge in [-0.15, -0.1) is 0 Å². The molecule has 0 aliphatic carbocycles. The molecule has 10 nitrogen and oxygen atoms in total. The van der Waals surface area contributed by atoms with Crippen molar-refractivity contribution in [3.8, 4) is 5.75 Å². The van der Waals surface area contributed by atoms with Crippen molar-refractivity contribution in [2.45, 2.75) is 6.92 Å². The fourth-order valence-electron chi connectivity index (χ4n) is 2.55. The zero-order chi connectivity index (χ0) is 21.4. The standard InChI is InChI=1S/C19H22N4O6/c1-12(24)21-13-4-7-18(29-3)17(10-13)22-19(25)15-11-14(23(26)27)5-6-16(15)20-8-9-28-2/h4-7,10-11,20H,8-9H2,1-3H3,(H,21,24)(H,22,25). The predicted octanol–water partition coefficient (Wildman–Crippen LogP) is 2.87. The number of anilines is 3. The number of hydrogen-bond acceptors (Lipinski definition) is 7. The molecule has 2 rings (SSSR count). The summed E-state index contributed by atoms with van der Waals surface area (Å²) in [5, 5.41) is 19.4. The van der Waals surface area contributed by atoms with E-state index in [9.17, 15) is 19.7 Å². The Hall–Kier alpha value is -3.66. The molecule has 0 spiro atoms. The van der Waals surface area contributed by atoms with Crippen LogP contribution in [0.4, 0.5) is 22.7 Å². The van der Waals surface area contributed by atoms with E-state index in [1.54, 1.807) is 19.2 Å². The second kappa shape index (κ2) is 10.0. The van der Waals surface area contributed by atoms with Crippen LogP contribution in [0.15, 0.2) is 36.4 Å². The monoisotopic (exact) mass is 402 g/mol. The van der Waals surface area contributed by atoms with Crippen LogP contribution in [0.2, 0.25) is 0 Å². The number of carbonyl (C=O) groups excluding carboxylic acids is 2. The smallest absolute Gasteiger partial charge is 0.270 e. The van der Waals surface area contributed by atoms with Gasteiger partial charge in [-0.25, -0.2) is 0 Å². The molecule has 0 aliphatic heterocycles. The number of nitro benzene ring substituents is 1. The van der Waals surface area contributed by atoms with Crippen molar-refractivity contribution in [3.63, 3.8) is 0 Å². The first-order valence-electron chi connectivity index (χ1n) is 8.64. The van der Waals surface area contributed by atoms with Gasteiger partial charge in [-0.3, -0.25) is 19.7 Å². The van der Waals surface area contributed by atoms with Crippen molar-refractivity contribution in [1.29, 1.82) is 0 Å². The lowest BCUT2D eigenvalue weighted by Crippen LogP contribution is -2.17. The molecule has 3 N–H and O–H groups in total. The van der Waals surface area contributed by atoms with Crippen molar-refractivity contribution in [2.75, 3.05) is 43.3 Å². The summed E-state index contributed by atoms with van der Waals surface area (Å²) in [6.07, 6.45) is 0. The third-order valence-corrected chi connectivity index (χ3v) is 3.85. The van der Waals surface area contributed by atoms with Crippen molar-refractivity contribution in [3.05, 3.63) is 52.1 Å². The second-order valence-electron chi connectivity index (χ2n) is 5.96. The molecule has 0 aliphatic rings. The Morgan fingerprint density at radius 3 is 2.45 bits per heavy atom. The summed E-state index contributed by atoms with van der Waals surface area (Å²) in [6.45, 7) is 2.17. The first-order chi connectivity index (χ1) is 13.8. The maximum atomic E-state index is 12.9. The molecule has 0 heterocycles. The van der Waals surface area contributed by atoms with E-state index >= 15 is 0 Å². The Balaban J connectivity index is 2.36. The third kappa shape index (κ3) is 5.91. The summed E-state index contributed by atoms with van der Waals surface area (Å²) in [4.78, 5) is 34.7. The van der Waals surface area contributed by atoms with Crippen LogP contribution < -0.4 is 20.7 Å². The number of rotatable bonds is 9. The summed E-state index contributed by atoms with van der Waals surface area (Å²) in [5.41, 5.74) is 1.06. The average Bonchev–Trinajstić information content (AvgIpc) is 2.68. The zero-order valence-corrected chi connectivity index (χ0v) is 16.3. The lowest BCUT2D eigenvalue weighted by Gasteiger charge is -2.15. The van der Waals surface area contributed by atoms with Gasteiger partial charge in [0.2, 0.25) is 5.91 Å². The van der Waals surface area contributed by atoms with Gasteiger partial charge in [0.05, 0.1) is 29.9 Å². The van der Waals surface area contributed by atoms with Crippen LogP contribution in [0.25, 0.3) is 0 Å². The first kappa shape index (κ1) is 21.6. The summed E-state index contributed by atoms with van der Waals surface area (Å²) in [7, 11) is 2.98. The number of carbonyl (C=O) groups is 2. The molecule has 0 unspecified atom stereocenters. The molecule has 10 heteroatoms. The van der Waals surface area contributed by atoms with Crippen LogP contribution in [0.3, 0.4) is 0 Å². The normalized spacial score (nSPS) is 10.2. The topological polar surface area (TPSA) is 132 Å². The highest BCUT2D eigenvalue weighted by Crippen LogP contribution is 2.30. The Labute approximate surface area is 167 Å². The predicted molar refractivity (Wildman–Crippen MR) is 109 cm³/mol. The van der Waals surface area contributed by atoms with Crippen LogP contribution in [0.1, 0.15) is 17.3 Å². The molecule has 2 aromatic rings. The molecule has 0 aromatic heterocycles. The van der Waals surface area contributed by atoms with E-state index in [-0.39, 0.29) is 17.2 Å². The fraction of sp³-hybridized carbons (Fsp3) is 0.263. The van der Waals surface area contributed by atoms with Crippen LogP contribution >= 0.6 is 0 Å². The second-order valence-corrected chi connectivity index (χ2v) is 5.96. The van der Waals surface area contributed by atoms with Crippen molar-refractivity contribution in [2.24, 2.45) is 0 Å². The minimum absolute atomic E-state index is 0.0855. The minimum Gasteiger partial charge on any atom is -0.495 e. The molecule has 2 amide bonds. The van der Waals surface area contributed by atoms with Gasteiger partial charge in [-0.2, -0.15) is 0 Å². The Bertz CT molecular complexity index is 916. The van der Waals surface area contributed by atoms with E-state index in [0.717, 1.165) is 0 Å². The van der Waals surface area contributed by atoms with Gasteiger partial charge < -0.3 is 25.4 Å². The first-order valence-corrected chi connectivity index (χ1v) is 8.64. The van der Waals surface area contributed by atoms with E-state index in [2.05, 4.69) is 16.0 Å². The van der Waals surface area contributed by atoms with Gasteiger partial charge in [0.15, 0.2) is 0 Å². The minimum atomic E-state index is -0.577. The van der Waals surface area contributed by atoms with Crippen LogP contribution in [-0.4, -0.2) is 44.1 Å². The van der Waals surface area contributed by atoms with E-state index in [4.69, 9.17) is 9.47 Å². The molecule has 0 saturated heterocycles. The van der Waals surface area contributed by atoms with E-state index < -0.39 is 10.8 Å². The molecule has 29 heavy (non-hydrogen) atoms. The number of benzene rings is 2. The van der Waals surface area contributed by atoms with E-state index in [1.165, 1.54) is 38.3 Å². The number of nitrogens with one attached hydrogen (secondary N) is 3. The molecule has 0 atom stereocenters. The maximum absolute atomic E-state index is 12.9. The largest absolute Gasteiger partial charge is 0.495 e. The van der Waals surface area contributed by atoms with Gasteiger partial charge in [0, 0.05) is 44.1 Å². The van der Waals surface area contributed by atoms with E-state index in [0.29, 0.717) is 36.0 Å². The quantitative estimate of drug-likeness (QED) is 0.334. The van der Waals surface area contributed by atoms with Gasteiger partial charge in [-0.05, 0) is 24.3 Å². The molecular weight excluding hydrogens is 380 g/mol. The molecule has 0 radical (unpaired) electrons. The van der Waals surface area contributed by atoms with Crippen LogP contribution in [-0.2, 0) is 9.53 Å². The number of non-ortho nitro benzene ring substituents is 1. The summed E-state index contributed by atoms with van der Waals surface area (Å²) >= 11 is 0. The fourth-order valence-corrected chi connectivity index (χ4v) is 2.55. The van der Waals surface area contributed by atoms with E-state index in [1.807, 2.05) is 0 Å². The zero-order valence-electron chi connectivity index (χ0n) is 16.3. The number of methoxy groups -OCH3 is 2. The van der Waals surface area contributed by atoms with Gasteiger partial charge in [-0.1, -0.05) is 0 Å².